The highest BCUT2D eigenvalue weighted by Gasteiger charge is 2.25. The average Bonchev–Trinajstić information content (AvgIpc) is 4.23. The first-order valence-electron chi connectivity index (χ1n) is 21.4. The molecular weight excluding hydrogens is 813 g/mol. The second-order valence-electron chi connectivity index (χ2n) is 16.1. The van der Waals surface area contributed by atoms with Crippen molar-refractivity contribution in [3.63, 3.8) is 0 Å². The quantitative estimate of drug-likeness (QED) is 0.0943. The predicted molar refractivity (Wildman–Crippen MR) is 243 cm³/mol. The zero-order valence-corrected chi connectivity index (χ0v) is 34.9. The molecule has 320 valence electrons. The SMILES string of the molecule is CCCNc1nc2ccc(F)cc2n2c(-c3ccc(C(=O)NC4CC4)cc3)cnc12.O=C(NC1CC1)c1ccc(-c2cnc3c(NCc4cccnc4)nc4ccc(F)cc4n23)cc1. The van der Waals surface area contributed by atoms with Gasteiger partial charge in [-0.3, -0.25) is 23.4 Å². The van der Waals surface area contributed by atoms with Crippen LogP contribution in [0.2, 0.25) is 0 Å². The van der Waals surface area contributed by atoms with Gasteiger partial charge in [0.2, 0.25) is 0 Å². The van der Waals surface area contributed by atoms with Crippen LogP contribution in [0.3, 0.4) is 0 Å². The van der Waals surface area contributed by atoms with E-state index in [4.69, 9.17) is 4.98 Å². The summed E-state index contributed by atoms with van der Waals surface area (Å²) in [5, 5.41) is 12.7. The van der Waals surface area contributed by atoms with Gasteiger partial charge in [0.1, 0.15) is 11.6 Å². The van der Waals surface area contributed by atoms with Crippen molar-refractivity contribution in [1.82, 2.24) is 44.4 Å². The Bertz CT molecular complexity index is 3180. The fraction of sp³-hybridized carbons (Fsp3) is 0.204. The lowest BCUT2D eigenvalue weighted by Gasteiger charge is -2.12. The largest absolute Gasteiger partial charge is 0.367 e. The number of benzene rings is 4. The van der Waals surface area contributed by atoms with Gasteiger partial charge in [0.15, 0.2) is 22.9 Å². The molecule has 0 aliphatic heterocycles. The summed E-state index contributed by atoms with van der Waals surface area (Å²) in [7, 11) is 0. The molecule has 2 amide bonds. The number of rotatable bonds is 12. The van der Waals surface area contributed by atoms with Crippen LogP contribution in [-0.4, -0.2) is 64.2 Å². The number of carbonyl (C=O) groups is 2. The van der Waals surface area contributed by atoms with Crippen molar-refractivity contribution in [2.45, 2.75) is 57.7 Å². The van der Waals surface area contributed by atoms with Gasteiger partial charge in [-0.25, -0.2) is 28.7 Å². The average molecular weight is 856 g/mol. The molecule has 0 atom stereocenters. The van der Waals surface area contributed by atoms with Crippen LogP contribution in [-0.2, 0) is 6.54 Å². The van der Waals surface area contributed by atoms with E-state index in [9.17, 15) is 18.4 Å². The Balaban J connectivity index is 0.000000153. The van der Waals surface area contributed by atoms with Crippen molar-refractivity contribution < 1.29 is 18.4 Å². The lowest BCUT2D eigenvalue weighted by atomic mass is 10.1. The van der Waals surface area contributed by atoms with Crippen LogP contribution in [0.4, 0.5) is 20.4 Å². The summed E-state index contributed by atoms with van der Waals surface area (Å²) in [6.07, 6.45) is 12.2. The van der Waals surface area contributed by atoms with Crippen LogP contribution in [0.5, 0.6) is 0 Å². The maximum atomic E-state index is 14.2. The molecule has 9 aromatic rings. The fourth-order valence-corrected chi connectivity index (χ4v) is 7.56. The zero-order valence-electron chi connectivity index (χ0n) is 34.9. The molecule has 2 aliphatic carbocycles. The van der Waals surface area contributed by atoms with Gasteiger partial charge in [-0.1, -0.05) is 37.3 Å². The van der Waals surface area contributed by atoms with E-state index in [2.05, 4.69) is 48.1 Å². The topological polar surface area (TPSA) is 156 Å². The summed E-state index contributed by atoms with van der Waals surface area (Å²) in [5.74, 6) is 0.470. The Labute approximate surface area is 366 Å². The van der Waals surface area contributed by atoms with Crippen molar-refractivity contribution in [1.29, 1.82) is 0 Å². The minimum Gasteiger partial charge on any atom is -0.367 e. The second kappa shape index (κ2) is 17.2. The van der Waals surface area contributed by atoms with E-state index in [1.807, 2.05) is 57.3 Å². The molecule has 64 heavy (non-hydrogen) atoms. The van der Waals surface area contributed by atoms with Crippen LogP contribution in [0.1, 0.15) is 65.3 Å². The fourth-order valence-electron chi connectivity index (χ4n) is 7.56. The van der Waals surface area contributed by atoms with Crippen LogP contribution in [0.15, 0.2) is 122 Å². The summed E-state index contributed by atoms with van der Waals surface area (Å²) < 4.78 is 32.1. The van der Waals surface area contributed by atoms with Gasteiger partial charge >= 0.3 is 0 Å². The third-order valence-electron chi connectivity index (χ3n) is 11.2. The molecule has 0 radical (unpaired) electrons. The van der Waals surface area contributed by atoms with Crippen molar-refractivity contribution >= 4 is 56.8 Å². The van der Waals surface area contributed by atoms with Gasteiger partial charge in [0.05, 0.1) is 45.8 Å². The Morgan fingerprint density at radius 1 is 0.641 bits per heavy atom. The standard InChI is InChI=1S/C26H21FN6O.C23H22FN5O/c27-19-7-10-21-22(12-19)33-23(17-3-5-18(6-4-17)26(34)31-20-8-9-20)15-30-25(33)24(32-21)29-14-16-2-1-11-28-13-16;1-2-11-25-21-22-26-13-20(29(22)19-12-16(24)7-10-18(19)28-21)14-3-5-15(6-4-14)23(30)27-17-8-9-17/h1-7,10-13,15,20H,8-9,14H2,(H,29,32)(H,31,34);3-7,10,12-13,17H,2,8-9,11H2,1H3,(H,25,28)(H,27,30). The highest BCUT2D eigenvalue weighted by atomic mass is 19.1. The molecule has 0 spiro atoms. The van der Waals surface area contributed by atoms with Crippen LogP contribution in [0.25, 0.3) is 55.9 Å². The molecule has 5 heterocycles. The molecule has 0 bridgehead atoms. The Kier molecular flexibility index (Phi) is 10.8. The van der Waals surface area contributed by atoms with E-state index >= 15 is 0 Å². The van der Waals surface area contributed by atoms with Crippen LogP contribution in [0, 0.1) is 11.6 Å². The van der Waals surface area contributed by atoms with Crippen molar-refractivity contribution in [3.8, 4) is 22.5 Å². The number of pyridine rings is 1. The van der Waals surface area contributed by atoms with Crippen LogP contribution >= 0.6 is 0 Å². The van der Waals surface area contributed by atoms with E-state index < -0.39 is 0 Å². The number of imidazole rings is 2. The van der Waals surface area contributed by atoms with Gasteiger partial charge < -0.3 is 21.3 Å². The number of anilines is 2. The van der Waals surface area contributed by atoms with Gasteiger partial charge in [0, 0.05) is 72.0 Å². The molecule has 0 saturated heterocycles. The molecule has 13 nitrogen and oxygen atoms in total. The number of nitrogens with one attached hydrogen (secondary N) is 4. The van der Waals surface area contributed by atoms with Gasteiger partial charge in [-0.2, -0.15) is 0 Å². The lowest BCUT2D eigenvalue weighted by Crippen LogP contribution is -2.25. The minimum atomic E-state index is -0.349. The molecule has 11 rings (SSSR count). The number of halogens is 2. The van der Waals surface area contributed by atoms with E-state index in [0.717, 1.165) is 66.7 Å². The summed E-state index contributed by atoms with van der Waals surface area (Å²) in [4.78, 5) is 47.3. The van der Waals surface area contributed by atoms with Crippen molar-refractivity contribution in [2.75, 3.05) is 17.2 Å². The summed E-state index contributed by atoms with van der Waals surface area (Å²) in [6.45, 7) is 3.37. The number of fused-ring (bicyclic) bond motifs is 6. The first-order valence-corrected chi connectivity index (χ1v) is 21.4. The molecule has 0 unspecified atom stereocenters. The first-order chi connectivity index (χ1) is 31.3. The molecule has 2 saturated carbocycles. The predicted octanol–water partition coefficient (Wildman–Crippen LogP) is 8.99. The Morgan fingerprint density at radius 3 is 1.59 bits per heavy atom. The summed E-state index contributed by atoms with van der Waals surface area (Å²) >= 11 is 0. The normalized spacial score (nSPS) is 13.5. The number of nitrogens with zero attached hydrogens (tertiary/aromatic N) is 7. The van der Waals surface area contributed by atoms with E-state index in [0.29, 0.717) is 74.8 Å². The van der Waals surface area contributed by atoms with Crippen LogP contribution < -0.4 is 21.3 Å². The highest BCUT2D eigenvalue weighted by molar-refractivity contribution is 5.96. The number of hydrogen-bond acceptors (Lipinski definition) is 9. The first kappa shape index (κ1) is 40.3. The monoisotopic (exact) mass is 855 g/mol. The van der Waals surface area contributed by atoms with Crippen molar-refractivity contribution in [2.24, 2.45) is 0 Å². The van der Waals surface area contributed by atoms with Crippen molar-refractivity contribution in [3.05, 3.63) is 150 Å². The third-order valence-corrected chi connectivity index (χ3v) is 11.2. The molecule has 4 N–H and O–H groups in total. The van der Waals surface area contributed by atoms with E-state index in [1.165, 1.54) is 24.3 Å². The molecule has 5 aromatic heterocycles. The number of aromatic nitrogens is 7. The maximum absolute atomic E-state index is 14.2. The Hall–Kier alpha value is -7.81. The molecular formula is C49H43F2N11O2. The minimum absolute atomic E-state index is 0.0510. The molecule has 2 aliphatic rings. The van der Waals surface area contributed by atoms with E-state index in [1.54, 1.807) is 49.1 Å². The third kappa shape index (κ3) is 8.39. The summed E-state index contributed by atoms with van der Waals surface area (Å²) in [5.41, 5.74) is 9.43. The molecule has 2 fully saturated rings. The molecule has 15 heteroatoms. The Morgan fingerprint density at radius 2 is 1.14 bits per heavy atom. The van der Waals surface area contributed by atoms with Gasteiger partial charge in [0.25, 0.3) is 11.8 Å². The van der Waals surface area contributed by atoms with Gasteiger partial charge in [-0.15, -0.1) is 0 Å². The zero-order chi connectivity index (χ0) is 43.7. The summed E-state index contributed by atoms with van der Waals surface area (Å²) in [6, 6.07) is 28.4. The second-order valence-corrected chi connectivity index (χ2v) is 16.1. The lowest BCUT2D eigenvalue weighted by molar-refractivity contribution is 0.0942. The van der Waals surface area contributed by atoms with E-state index in [-0.39, 0.29) is 23.4 Å². The smallest absolute Gasteiger partial charge is 0.251 e. The molecule has 4 aromatic carbocycles. The maximum Gasteiger partial charge on any atom is 0.251 e. The highest BCUT2D eigenvalue weighted by Crippen LogP contribution is 2.32. The number of hydrogen-bond donors (Lipinski definition) is 4. The van der Waals surface area contributed by atoms with Gasteiger partial charge in [-0.05, 0) is 92.3 Å². The number of amides is 2. The number of carbonyl (C=O) groups excluding carboxylic acids is 2.